The summed E-state index contributed by atoms with van der Waals surface area (Å²) in [6, 6.07) is 0. The summed E-state index contributed by atoms with van der Waals surface area (Å²) in [4.78, 5) is 27.6. The molecule has 3 aliphatic heterocycles. The average molecular weight is 373 g/mol. The van der Waals surface area contributed by atoms with E-state index in [-0.39, 0.29) is 17.0 Å². The molecule has 6 nitrogen and oxygen atoms in total. The molecule has 0 aromatic heterocycles. The van der Waals surface area contributed by atoms with Crippen molar-refractivity contribution in [1.82, 2.24) is 9.80 Å². The van der Waals surface area contributed by atoms with Gasteiger partial charge in [-0.2, -0.15) is 0 Å². The Kier molecular flexibility index (Phi) is 5.20. The van der Waals surface area contributed by atoms with Gasteiger partial charge < -0.3 is 15.1 Å². The number of likely N-dealkylation sites (tertiary alicyclic amines) is 1. The van der Waals surface area contributed by atoms with Gasteiger partial charge in [0.1, 0.15) is 5.37 Å². The van der Waals surface area contributed by atoms with Gasteiger partial charge in [0.15, 0.2) is 5.70 Å². The highest BCUT2D eigenvalue weighted by Gasteiger charge is 2.58. The summed E-state index contributed by atoms with van der Waals surface area (Å²) in [6.45, 7) is 9.05. The molecule has 3 aliphatic rings. The molecule has 0 aliphatic carbocycles. The first kappa shape index (κ1) is 18.1. The van der Waals surface area contributed by atoms with Crippen LogP contribution in [0.5, 0.6) is 0 Å². The minimum absolute atomic E-state index is 0.110. The molecule has 3 rings (SSSR count). The van der Waals surface area contributed by atoms with Gasteiger partial charge in [-0.3, -0.25) is 9.69 Å². The van der Waals surface area contributed by atoms with E-state index < -0.39 is 18.0 Å². The molecule has 8 heteroatoms. The summed E-state index contributed by atoms with van der Waals surface area (Å²) in [5.74, 6) is -1.21. The molecule has 2 N–H and O–H groups in total. The Morgan fingerprint density at radius 1 is 1.42 bits per heavy atom. The van der Waals surface area contributed by atoms with Crippen molar-refractivity contribution in [3.05, 3.63) is 9.93 Å². The maximum Gasteiger partial charge on any atom is 0.354 e. The number of β-lactam (4-membered cyclic amide) rings is 1. The zero-order valence-electron chi connectivity index (χ0n) is 14.1. The quantitative estimate of drug-likeness (QED) is 0.686. The fourth-order valence-electron chi connectivity index (χ4n) is 3.56. The van der Waals surface area contributed by atoms with Crippen LogP contribution in [0.25, 0.3) is 0 Å². The minimum Gasteiger partial charge on any atom is -0.477 e. The smallest absolute Gasteiger partial charge is 0.354 e. The third kappa shape index (κ3) is 3.21. The van der Waals surface area contributed by atoms with E-state index in [9.17, 15) is 19.8 Å². The summed E-state index contributed by atoms with van der Waals surface area (Å²) in [5, 5.41) is 19.4. The van der Waals surface area contributed by atoms with E-state index in [1.165, 1.54) is 16.7 Å². The van der Waals surface area contributed by atoms with Crippen LogP contribution < -0.4 is 0 Å². The average Bonchev–Trinajstić information content (AvgIpc) is 3.01. The Morgan fingerprint density at radius 3 is 2.71 bits per heavy atom. The zero-order valence-corrected chi connectivity index (χ0v) is 15.8. The summed E-state index contributed by atoms with van der Waals surface area (Å²) >= 11 is 3.02. The van der Waals surface area contributed by atoms with Crippen LogP contribution in [0.15, 0.2) is 9.93 Å². The molecule has 3 heterocycles. The number of aliphatic hydroxyl groups is 1. The van der Waals surface area contributed by atoms with Crippen molar-refractivity contribution >= 4 is 35.4 Å². The third-order valence-corrected chi connectivity index (χ3v) is 7.45. The topological polar surface area (TPSA) is 81.1 Å². The number of carboxylic acids is 1. The summed E-state index contributed by atoms with van der Waals surface area (Å²) in [6.07, 6.45) is 0.283. The molecule has 2 fully saturated rings. The molecule has 2 saturated heterocycles. The highest BCUT2D eigenvalue weighted by molar-refractivity contribution is 8.23. The van der Waals surface area contributed by atoms with E-state index in [4.69, 9.17) is 0 Å². The van der Waals surface area contributed by atoms with Crippen molar-refractivity contribution in [3.8, 4) is 0 Å². The van der Waals surface area contributed by atoms with Gasteiger partial charge in [-0.05, 0) is 25.8 Å². The van der Waals surface area contributed by atoms with E-state index in [0.717, 1.165) is 30.3 Å². The number of amides is 1. The summed E-state index contributed by atoms with van der Waals surface area (Å²) in [5.41, 5.74) is 0.110. The minimum atomic E-state index is -1.05. The molecule has 0 saturated carbocycles. The van der Waals surface area contributed by atoms with Crippen LogP contribution in [0.2, 0.25) is 0 Å². The number of carbonyl (C=O) groups is 2. The predicted molar refractivity (Wildman–Crippen MR) is 95.3 cm³/mol. The lowest BCUT2D eigenvalue weighted by Crippen LogP contribution is -2.60. The summed E-state index contributed by atoms with van der Waals surface area (Å²) in [7, 11) is 0. The number of hydrogen-bond donors (Lipinski definition) is 2. The van der Waals surface area contributed by atoms with Gasteiger partial charge in [-0.1, -0.05) is 25.6 Å². The van der Waals surface area contributed by atoms with Crippen molar-refractivity contribution < 1.29 is 19.8 Å². The van der Waals surface area contributed by atoms with E-state index in [2.05, 4.69) is 18.7 Å². The van der Waals surface area contributed by atoms with E-state index in [1.807, 2.05) is 0 Å². The van der Waals surface area contributed by atoms with Crippen molar-refractivity contribution in [2.75, 3.05) is 19.6 Å². The second kappa shape index (κ2) is 6.90. The van der Waals surface area contributed by atoms with Crippen molar-refractivity contribution in [3.63, 3.8) is 0 Å². The van der Waals surface area contributed by atoms with Crippen LogP contribution >= 0.6 is 23.5 Å². The molecule has 24 heavy (non-hydrogen) atoms. The van der Waals surface area contributed by atoms with Gasteiger partial charge in [0.05, 0.1) is 16.3 Å². The van der Waals surface area contributed by atoms with Gasteiger partial charge in [0, 0.05) is 18.3 Å². The van der Waals surface area contributed by atoms with Gasteiger partial charge in [0.2, 0.25) is 5.91 Å². The molecule has 134 valence electrons. The van der Waals surface area contributed by atoms with Crippen LogP contribution in [0.3, 0.4) is 0 Å². The lowest BCUT2D eigenvalue weighted by molar-refractivity contribution is -0.156. The molecular formula is C16H24N2O4S2. The number of aliphatic carboxylic acids is 1. The Morgan fingerprint density at radius 2 is 2.12 bits per heavy atom. The lowest BCUT2D eigenvalue weighted by Gasteiger charge is -2.43. The molecule has 0 spiro atoms. The number of fused-ring (bicyclic) bond motifs is 1. The molecule has 4 atom stereocenters. The predicted octanol–water partition coefficient (Wildman–Crippen LogP) is 1.62. The number of nitrogens with zero attached hydrogens (tertiary/aromatic N) is 2. The molecule has 0 aromatic rings. The van der Waals surface area contributed by atoms with Crippen LogP contribution in [0, 0.1) is 11.8 Å². The fourth-order valence-corrected chi connectivity index (χ4v) is 6.92. The van der Waals surface area contributed by atoms with Gasteiger partial charge in [-0.15, -0.1) is 11.8 Å². The van der Waals surface area contributed by atoms with Gasteiger partial charge >= 0.3 is 5.97 Å². The van der Waals surface area contributed by atoms with E-state index >= 15 is 0 Å². The molecule has 0 bridgehead atoms. The first-order valence-electron chi connectivity index (χ1n) is 8.34. The number of aliphatic hydroxyl groups excluding tert-OH is 1. The lowest BCUT2D eigenvalue weighted by atomic mass is 9.92. The SMILES string of the molecule is CC(C)CN1CCC(SC2=C(C(=O)O)N3C(=O)C(C(C)O)[C@H]3S2)C1. The van der Waals surface area contributed by atoms with Crippen LogP contribution in [-0.4, -0.2) is 68.3 Å². The highest BCUT2D eigenvalue weighted by Crippen LogP contribution is 2.55. The Hall–Kier alpha value is -0.700. The standard InChI is InChI=1S/C16H24N2O4S2/c1-8(2)6-17-5-4-10(7-17)23-16-12(15(21)22)18-13(20)11(9(3)19)14(18)24-16/h8-11,14,19H,4-7H2,1-3H3,(H,21,22)/t9?,10?,11?,14-/m1/s1. The highest BCUT2D eigenvalue weighted by atomic mass is 32.2. The first-order valence-corrected chi connectivity index (χ1v) is 10.1. The van der Waals surface area contributed by atoms with Crippen LogP contribution in [0.4, 0.5) is 0 Å². The molecule has 0 radical (unpaired) electrons. The summed E-state index contributed by atoms with van der Waals surface area (Å²) < 4.78 is 0.723. The number of thioether (sulfide) groups is 2. The molecular weight excluding hydrogens is 348 g/mol. The maximum absolute atomic E-state index is 12.2. The normalized spacial score (nSPS) is 31.6. The van der Waals surface area contributed by atoms with Gasteiger partial charge in [0.25, 0.3) is 0 Å². The Labute approximate surface area is 150 Å². The maximum atomic E-state index is 12.2. The second-order valence-electron chi connectivity index (χ2n) is 7.11. The third-order valence-electron chi connectivity index (χ3n) is 4.59. The van der Waals surface area contributed by atoms with Crippen LogP contribution in [0.1, 0.15) is 27.2 Å². The number of hydrogen-bond acceptors (Lipinski definition) is 6. The van der Waals surface area contributed by atoms with Crippen LogP contribution in [-0.2, 0) is 9.59 Å². The van der Waals surface area contributed by atoms with Crippen molar-refractivity contribution in [1.29, 1.82) is 0 Å². The molecule has 1 amide bonds. The van der Waals surface area contributed by atoms with E-state index in [1.54, 1.807) is 18.7 Å². The number of carbonyl (C=O) groups excluding carboxylic acids is 1. The van der Waals surface area contributed by atoms with Crippen molar-refractivity contribution in [2.45, 2.75) is 43.9 Å². The van der Waals surface area contributed by atoms with Crippen molar-refractivity contribution in [2.24, 2.45) is 11.8 Å². The fraction of sp³-hybridized carbons (Fsp3) is 0.750. The molecule has 0 aromatic carbocycles. The number of rotatable bonds is 6. The monoisotopic (exact) mass is 372 g/mol. The number of carboxylic acid groups (broad SMARTS) is 1. The Bertz CT molecular complexity index is 578. The molecule has 3 unspecified atom stereocenters. The largest absolute Gasteiger partial charge is 0.477 e. The first-order chi connectivity index (χ1) is 11.3. The second-order valence-corrected chi connectivity index (χ2v) is 9.80. The zero-order chi connectivity index (χ0) is 17.6. The Balaban J connectivity index is 1.69. The van der Waals surface area contributed by atoms with E-state index in [0.29, 0.717) is 11.2 Å². The van der Waals surface area contributed by atoms with Gasteiger partial charge in [-0.25, -0.2) is 4.79 Å².